The number of nitrogens with zero attached hydrogens (tertiary/aromatic N) is 4. The highest BCUT2D eigenvalue weighted by atomic mass is 16.5. The topological polar surface area (TPSA) is 74.5 Å². The lowest BCUT2D eigenvalue weighted by Crippen LogP contribution is -2.39. The van der Waals surface area contributed by atoms with Gasteiger partial charge in [-0.3, -0.25) is 14.6 Å². The molecule has 3 rings (SSSR count). The van der Waals surface area contributed by atoms with Crippen LogP contribution in [0.25, 0.3) is 0 Å². The van der Waals surface area contributed by atoms with Crippen LogP contribution in [0.2, 0.25) is 0 Å². The average molecular weight is 319 g/mol. The standard InChI is InChI=1S/C16H25N5O2/c1-2-6-17-15(22)12-21-8-3-7-20(9-10-21)11-14-18-16(23-19-14)13-4-5-13/h2,13H,1,3-12H2,(H,17,22). The van der Waals surface area contributed by atoms with Crippen LogP contribution < -0.4 is 5.32 Å². The van der Waals surface area contributed by atoms with Crippen molar-refractivity contribution in [2.75, 3.05) is 39.3 Å². The second kappa shape index (κ2) is 7.70. The Hall–Kier alpha value is -1.73. The van der Waals surface area contributed by atoms with Crippen LogP contribution in [0.5, 0.6) is 0 Å². The van der Waals surface area contributed by atoms with Gasteiger partial charge >= 0.3 is 0 Å². The van der Waals surface area contributed by atoms with Crippen molar-refractivity contribution in [1.29, 1.82) is 0 Å². The van der Waals surface area contributed by atoms with Crippen molar-refractivity contribution in [3.63, 3.8) is 0 Å². The molecule has 1 aromatic rings. The molecule has 2 fully saturated rings. The first-order valence-corrected chi connectivity index (χ1v) is 8.39. The zero-order valence-corrected chi connectivity index (χ0v) is 13.5. The molecular weight excluding hydrogens is 294 g/mol. The summed E-state index contributed by atoms with van der Waals surface area (Å²) in [5.41, 5.74) is 0. The first-order chi connectivity index (χ1) is 11.2. The fourth-order valence-corrected chi connectivity index (χ4v) is 2.81. The number of rotatable bonds is 7. The molecule has 0 unspecified atom stereocenters. The predicted molar refractivity (Wildman–Crippen MR) is 85.8 cm³/mol. The lowest BCUT2D eigenvalue weighted by Gasteiger charge is -2.20. The average Bonchev–Trinajstić information content (AvgIpc) is 3.32. The summed E-state index contributed by atoms with van der Waals surface area (Å²) in [5, 5.41) is 6.91. The maximum absolute atomic E-state index is 11.8. The molecule has 1 aromatic heterocycles. The second-order valence-corrected chi connectivity index (χ2v) is 6.32. The zero-order valence-electron chi connectivity index (χ0n) is 13.5. The number of nitrogens with one attached hydrogen (secondary N) is 1. The Bertz CT molecular complexity index is 540. The molecule has 1 aliphatic heterocycles. The Morgan fingerprint density at radius 2 is 2.09 bits per heavy atom. The molecule has 2 heterocycles. The van der Waals surface area contributed by atoms with Gasteiger partial charge in [-0.25, -0.2) is 0 Å². The number of carbonyl (C=O) groups is 1. The van der Waals surface area contributed by atoms with E-state index in [4.69, 9.17) is 4.52 Å². The first-order valence-electron chi connectivity index (χ1n) is 8.39. The van der Waals surface area contributed by atoms with Crippen LogP contribution >= 0.6 is 0 Å². The van der Waals surface area contributed by atoms with Gasteiger partial charge in [0.2, 0.25) is 11.8 Å². The van der Waals surface area contributed by atoms with E-state index in [2.05, 4.69) is 31.8 Å². The maximum atomic E-state index is 11.8. The van der Waals surface area contributed by atoms with Crippen LogP contribution in [-0.4, -0.2) is 65.1 Å². The maximum Gasteiger partial charge on any atom is 0.234 e. The van der Waals surface area contributed by atoms with E-state index in [9.17, 15) is 4.79 Å². The van der Waals surface area contributed by atoms with Crippen molar-refractivity contribution in [2.45, 2.75) is 31.7 Å². The highest BCUT2D eigenvalue weighted by molar-refractivity contribution is 5.78. The van der Waals surface area contributed by atoms with Gasteiger partial charge < -0.3 is 9.84 Å². The molecule has 0 atom stereocenters. The molecule has 126 valence electrons. The lowest BCUT2D eigenvalue weighted by atomic mass is 10.3. The van der Waals surface area contributed by atoms with Crippen molar-refractivity contribution < 1.29 is 9.32 Å². The van der Waals surface area contributed by atoms with E-state index in [0.29, 0.717) is 19.0 Å². The summed E-state index contributed by atoms with van der Waals surface area (Å²) < 4.78 is 5.31. The van der Waals surface area contributed by atoms with Crippen molar-refractivity contribution in [1.82, 2.24) is 25.3 Å². The molecule has 0 spiro atoms. The van der Waals surface area contributed by atoms with Gasteiger partial charge in [-0.1, -0.05) is 11.2 Å². The van der Waals surface area contributed by atoms with Gasteiger partial charge in [0.05, 0.1) is 13.1 Å². The normalized spacial score (nSPS) is 20.2. The van der Waals surface area contributed by atoms with Gasteiger partial charge in [-0.05, 0) is 32.4 Å². The zero-order chi connectivity index (χ0) is 16.1. The van der Waals surface area contributed by atoms with E-state index < -0.39 is 0 Å². The van der Waals surface area contributed by atoms with Gasteiger partial charge in [-0.2, -0.15) is 4.98 Å². The van der Waals surface area contributed by atoms with Crippen LogP contribution in [0, 0.1) is 0 Å². The predicted octanol–water partition coefficient (Wildman–Crippen LogP) is 0.757. The van der Waals surface area contributed by atoms with Gasteiger partial charge in [-0.15, -0.1) is 6.58 Å². The Kier molecular flexibility index (Phi) is 5.40. The third-order valence-electron chi connectivity index (χ3n) is 4.27. The minimum Gasteiger partial charge on any atom is -0.352 e. The van der Waals surface area contributed by atoms with Gasteiger partial charge in [0, 0.05) is 25.6 Å². The van der Waals surface area contributed by atoms with Gasteiger partial charge in [0.15, 0.2) is 5.82 Å². The summed E-state index contributed by atoms with van der Waals surface area (Å²) in [4.78, 5) is 20.8. The molecule has 0 bridgehead atoms. The summed E-state index contributed by atoms with van der Waals surface area (Å²) in [7, 11) is 0. The second-order valence-electron chi connectivity index (χ2n) is 6.32. The summed E-state index contributed by atoms with van der Waals surface area (Å²) in [5.74, 6) is 2.15. The summed E-state index contributed by atoms with van der Waals surface area (Å²) >= 11 is 0. The minimum atomic E-state index is 0.0607. The molecule has 7 nitrogen and oxygen atoms in total. The molecule has 1 amide bonds. The van der Waals surface area contributed by atoms with Crippen LogP contribution in [0.4, 0.5) is 0 Å². The third-order valence-corrected chi connectivity index (χ3v) is 4.27. The van der Waals surface area contributed by atoms with Crippen molar-refractivity contribution in [2.24, 2.45) is 0 Å². The monoisotopic (exact) mass is 319 g/mol. The van der Waals surface area contributed by atoms with Crippen molar-refractivity contribution in [3.8, 4) is 0 Å². The number of hydrogen-bond acceptors (Lipinski definition) is 6. The van der Waals surface area contributed by atoms with Crippen LogP contribution in [0.15, 0.2) is 17.2 Å². The first kappa shape index (κ1) is 16.1. The molecule has 7 heteroatoms. The number of hydrogen-bond donors (Lipinski definition) is 1. The minimum absolute atomic E-state index is 0.0607. The smallest absolute Gasteiger partial charge is 0.234 e. The van der Waals surface area contributed by atoms with Crippen LogP contribution in [0.3, 0.4) is 0 Å². The molecular formula is C16H25N5O2. The summed E-state index contributed by atoms with van der Waals surface area (Å²) in [6.45, 7) is 9.06. The molecule has 23 heavy (non-hydrogen) atoms. The lowest BCUT2D eigenvalue weighted by molar-refractivity contribution is -0.122. The van der Waals surface area contributed by atoms with Crippen LogP contribution in [0.1, 0.15) is 36.9 Å². The SMILES string of the molecule is C=CCNC(=O)CN1CCCN(Cc2noc(C3CC3)n2)CC1. The van der Waals surface area contributed by atoms with E-state index in [-0.39, 0.29) is 5.91 Å². The summed E-state index contributed by atoms with van der Waals surface area (Å²) in [6.07, 6.45) is 5.09. The van der Waals surface area contributed by atoms with Crippen molar-refractivity contribution in [3.05, 3.63) is 24.4 Å². The van der Waals surface area contributed by atoms with E-state index in [1.807, 2.05) is 0 Å². The summed E-state index contributed by atoms with van der Waals surface area (Å²) in [6, 6.07) is 0. The van der Waals surface area contributed by atoms with E-state index >= 15 is 0 Å². The number of carbonyl (C=O) groups excluding carboxylic acids is 1. The van der Waals surface area contributed by atoms with Crippen molar-refractivity contribution >= 4 is 5.91 Å². The Morgan fingerprint density at radius 1 is 1.30 bits per heavy atom. The molecule has 1 N–H and O–H groups in total. The van der Waals surface area contributed by atoms with E-state index in [1.165, 1.54) is 12.8 Å². The van der Waals surface area contributed by atoms with E-state index in [0.717, 1.165) is 50.9 Å². The third kappa shape index (κ3) is 4.87. The highest BCUT2D eigenvalue weighted by Gasteiger charge is 2.30. The van der Waals surface area contributed by atoms with Crippen LogP contribution in [-0.2, 0) is 11.3 Å². The molecule has 1 saturated carbocycles. The van der Waals surface area contributed by atoms with Gasteiger partial charge in [0.25, 0.3) is 0 Å². The van der Waals surface area contributed by atoms with Gasteiger partial charge in [0.1, 0.15) is 0 Å². The Labute approximate surface area is 136 Å². The Balaban J connectivity index is 1.44. The fourth-order valence-electron chi connectivity index (χ4n) is 2.81. The molecule has 0 radical (unpaired) electrons. The molecule has 2 aliphatic rings. The largest absolute Gasteiger partial charge is 0.352 e. The molecule has 1 saturated heterocycles. The Morgan fingerprint density at radius 3 is 2.87 bits per heavy atom. The number of aromatic nitrogens is 2. The number of amides is 1. The quantitative estimate of drug-likeness (QED) is 0.748. The fraction of sp³-hybridized carbons (Fsp3) is 0.688. The van der Waals surface area contributed by atoms with E-state index in [1.54, 1.807) is 6.08 Å². The molecule has 1 aliphatic carbocycles. The molecule has 0 aromatic carbocycles. The highest BCUT2D eigenvalue weighted by Crippen LogP contribution is 2.38.